The van der Waals surface area contributed by atoms with Crippen LogP contribution in [0.3, 0.4) is 0 Å². The van der Waals surface area contributed by atoms with E-state index in [1.54, 1.807) is 6.07 Å². The standard InChI is InChI=1S/C13H13NO2/c14-8-11-4-2-1-3-10(11)7-12-9-16-6-5-13(12)15/h1-4,12H,5-7,9H2/t12-/m0/s1. The van der Waals surface area contributed by atoms with Gasteiger partial charge in [0.05, 0.1) is 24.8 Å². The molecule has 3 heteroatoms. The maximum atomic E-state index is 11.6. The van der Waals surface area contributed by atoms with Crippen LogP contribution >= 0.6 is 0 Å². The zero-order valence-corrected chi connectivity index (χ0v) is 8.98. The van der Waals surface area contributed by atoms with Crippen LogP contribution in [-0.4, -0.2) is 19.0 Å². The maximum Gasteiger partial charge on any atom is 0.140 e. The lowest BCUT2D eigenvalue weighted by Crippen LogP contribution is -2.29. The van der Waals surface area contributed by atoms with Crippen molar-refractivity contribution in [2.75, 3.05) is 13.2 Å². The Kier molecular flexibility index (Phi) is 3.33. The SMILES string of the molecule is N#Cc1ccccc1C[C@H]1COCCC1=O. The Bertz CT molecular complexity index is 434. The van der Waals surface area contributed by atoms with Crippen LogP contribution in [0.15, 0.2) is 24.3 Å². The van der Waals surface area contributed by atoms with Crippen molar-refractivity contribution in [1.29, 1.82) is 5.26 Å². The van der Waals surface area contributed by atoms with Crippen LogP contribution in [-0.2, 0) is 16.0 Å². The van der Waals surface area contributed by atoms with Crippen LogP contribution in [0.2, 0.25) is 0 Å². The Balaban J connectivity index is 2.14. The molecule has 16 heavy (non-hydrogen) atoms. The van der Waals surface area contributed by atoms with Gasteiger partial charge in [-0.05, 0) is 18.1 Å². The normalized spacial score (nSPS) is 20.4. The molecule has 1 fully saturated rings. The van der Waals surface area contributed by atoms with Crippen molar-refractivity contribution in [2.45, 2.75) is 12.8 Å². The number of nitriles is 1. The molecular weight excluding hydrogens is 202 g/mol. The molecule has 0 unspecified atom stereocenters. The summed E-state index contributed by atoms with van der Waals surface area (Å²) >= 11 is 0. The highest BCUT2D eigenvalue weighted by Gasteiger charge is 2.23. The van der Waals surface area contributed by atoms with E-state index in [0.717, 1.165) is 5.56 Å². The summed E-state index contributed by atoms with van der Waals surface area (Å²) in [4.78, 5) is 11.6. The van der Waals surface area contributed by atoms with Crippen LogP contribution in [0.5, 0.6) is 0 Å². The first-order valence-corrected chi connectivity index (χ1v) is 5.39. The van der Waals surface area contributed by atoms with E-state index in [1.165, 1.54) is 0 Å². The van der Waals surface area contributed by atoms with Crippen LogP contribution in [0, 0.1) is 17.2 Å². The van der Waals surface area contributed by atoms with Gasteiger partial charge in [-0.15, -0.1) is 0 Å². The van der Waals surface area contributed by atoms with Gasteiger partial charge in [-0.25, -0.2) is 0 Å². The molecule has 3 nitrogen and oxygen atoms in total. The average Bonchev–Trinajstić information content (AvgIpc) is 2.33. The zero-order chi connectivity index (χ0) is 11.4. The first-order valence-electron chi connectivity index (χ1n) is 5.39. The van der Waals surface area contributed by atoms with Gasteiger partial charge in [-0.3, -0.25) is 4.79 Å². The summed E-state index contributed by atoms with van der Waals surface area (Å²) in [6.45, 7) is 1.02. The van der Waals surface area contributed by atoms with Crippen LogP contribution in [0.25, 0.3) is 0 Å². The number of carbonyl (C=O) groups is 1. The monoisotopic (exact) mass is 215 g/mol. The Morgan fingerprint density at radius 2 is 2.25 bits per heavy atom. The molecule has 1 aliphatic rings. The number of benzene rings is 1. The molecule has 1 aromatic carbocycles. The first kappa shape index (κ1) is 10.8. The summed E-state index contributed by atoms with van der Waals surface area (Å²) in [5.41, 5.74) is 1.59. The van der Waals surface area contributed by atoms with Crippen molar-refractivity contribution >= 4 is 5.78 Å². The van der Waals surface area contributed by atoms with Crippen molar-refractivity contribution in [3.8, 4) is 6.07 Å². The highest BCUT2D eigenvalue weighted by molar-refractivity contribution is 5.82. The number of Topliss-reactive ketones (excluding diaryl/α,β-unsaturated/α-hetero) is 1. The highest BCUT2D eigenvalue weighted by Crippen LogP contribution is 2.18. The minimum atomic E-state index is -0.0803. The lowest BCUT2D eigenvalue weighted by Gasteiger charge is -2.21. The number of ketones is 1. The Morgan fingerprint density at radius 1 is 1.44 bits per heavy atom. The molecule has 1 heterocycles. The molecule has 0 radical (unpaired) electrons. The van der Waals surface area contributed by atoms with Crippen molar-refractivity contribution in [2.24, 2.45) is 5.92 Å². The molecule has 0 aliphatic carbocycles. The Hall–Kier alpha value is -1.66. The minimum absolute atomic E-state index is 0.0803. The van der Waals surface area contributed by atoms with Gasteiger partial charge in [0.25, 0.3) is 0 Å². The third kappa shape index (κ3) is 2.29. The minimum Gasteiger partial charge on any atom is -0.380 e. The number of nitrogens with zero attached hydrogens (tertiary/aromatic N) is 1. The summed E-state index contributed by atoms with van der Waals surface area (Å²) in [6.07, 6.45) is 1.11. The number of hydrogen-bond donors (Lipinski definition) is 0. The van der Waals surface area contributed by atoms with Gasteiger partial charge in [0.15, 0.2) is 0 Å². The maximum absolute atomic E-state index is 11.6. The van der Waals surface area contributed by atoms with E-state index in [4.69, 9.17) is 10.00 Å². The fraction of sp³-hybridized carbons (Fsp3) is 0.385. The van der Waals surface area contributed by atoms with Gasteiger partial charge < -0.3 is 4.74 Å². The molecule has 0 amide bonds. The number of ether oxygens (including phenoxy) is 1. The topological polar surface area (TPSA) is 50.1 Å². The molecule has 0 bridgehead atoms. The van der Waals surface area contributed by atoms with Crippen LogP contribution < -0.4 is 0 Å². The predicted molar refractivity (Wildman–Crippen MR) is 58.8 cm³/mol. The molecule has 82 valence electrons. The fourth-order valence-corrected chi connectivity index (χ4v) is 1.94. The number of rotatable bonds is 2. The Morgan fingerprint density at radius 3 is 3.00 bits per heavy atom. The van der Waals surface area contributed by atoms with Crippen molar-refractivity contribution in [3.05, 3.63) is 35.4 Å². The van der Waals surface area contributed by atoms with E-state index in [1.807, 2.05) is 18.2 Å². The number of hydrogen-bond acceptors (Lipinski definition) is 3. The summed E-state index contributed by atoms with van der Waals surface area (Å²) in [5, 5.41) is 8.95. The van der Waals surface area contributed by atoms with Crippen molar-refractivity contribution in [3.63, 3.8) is 0 Å². The molecule has 0 N–H and O–H groups in total. The van der Waals surface area contributed by atoms with Gasteiger partial charge >= 0.3 is 0 Å². The van der Waals surface area contributed by atoms with Gasteiger partial charge in [-0.2, -0.15) is 5.26 Å². The third-order valence-electron chi connectivity index (χ3n) is 2.87. The first-order chi connectivity index (χ1) is 7.81. The molecule has 0 aromatic heterocycles. The molecule has 0 spiro atoms. The summed E-state index contributed by atoms with van der Waals surface area (Å²) in [5.74, 6) is 0.169. The van der Waals surface area contributed by atoms with E-state index in [9.17, 15) is 4.79 Å². The van der Waals surface area contributed by atoms with E-state index >= 15 is 0 Å². The fourth-order valence-electron chi connectivity index (χ4n) is 1.94. The van der Waals surface area contributed by atoms with E-state index < -0.39 is 0 Å². The summed E-state index contributed by atoms with van der Waals surface area (Å²) in [7, 11) is 0. The Labute approximate surface area is 94.6 Å². The highest BCUT2D eigenvalue weighted by atomic mass is 16.5. The lowest BCUT2D eigenvalue weighted by atomic mass is 9.91. The van der Waals surface area contributed by atoms with Crippen molar-refractivity contribution in [1.82, 2.24) is 0 Å². The largest absolute Gasteiger partial charge is 0.380 e. The van der Waals surface area contributed by atoms with Crippen LogP contribution in [0.4, 0.5) is 0 Å². The predicted octanol–water partition coefficient (Wildman–Crippen LogP) is 1.71. The van der Waals surface area contributed by atoms with E-state index in [0.29, 0.717) is 31.6 Å². The van der Waals surface area contributed by atoms with Gasteiger partial charge in [0.2, 0.25) is 0 Å². The van der Waals surface area contributed by atoms with Gasteiger partial charge in [0.1, 0.15) is 5.78 Å². The molecule has 1 aromatic rings. The quantitative estimate of drug-likeness (QED) is 0.754. The molecule has 1 saturated heterocycles. The smallest absolute Gasteiger partial charge is 0.140 e. The zero-order valence-electron chi connectivity index (χ0n) is 8.98. The second-order valence-electron chi connectivity index (χ2n) is 3.96. The molecule has 1 aliphatic heterocycles. The van der Waals surface area contributed by atoms with Crippen molar-refractivity contribution < 1.29 is 9.53 Å². The van der Waals surface area contributed by atoms with E-state index in [2.05, 4.69) is 6.07 Å². The van der Waals surface area contributed by atoms with Gasteiger partial charge in [-0.1, -0.05) is 18.2 Å². The number of carbonyl (C=O) groups excluding carboxylic acids is 1. The van der Waals surface area contributed by atoms with Gasteiger partial charge in [0, 0.05) is 12.3 Å². The average molecular weight is 215 g/mol. The van der Waals surface area contributed by atoms with E-state index in [-0.39, 0.29) is 11.7 Å². The molecular formula is C13H13NO2. The second kappa shape index (κ2) is 4.91. The third-order valence-corrected chi connectivity index (χ3v) is 2.87. The molecule has 0 saturated carbocycles. The summed E-state index contributed by atoms with van der Waals surface area (Å²) in [6, 6.07) is 9.56. The molecule has 1 atom stereocenters. The second-order valence-corrected chi connectivity index (χ2v) is 3.96. The lowest BCUT2D eigenvalue weighted by molar-refractivity contribution is -0.130. The molecule has 2 rings (SSSR count). The summed E-state index contributed by atoms with van der Waals surface area (Å²) < 4.78 is 5.29. The van der Waals surface area contributed by atoms with Crippen LogP contribution in [0.1, 0.15) is 17.5 Å².